The summed E-state index contributed by atoms with van der Waals surface area (Å²) in [5.41, 5.74) is 0.385. The van der Waals surface area contributed by atoms with Crippen molar-refractivity contribution >= 4 is 35.1 Å². The smallest absolute Gasteiger partial charge is 0.343 e. The number of aryl methyl sites for hydroxylation is 1. The maximum absolute atomic E-state index is 12.7. The molecule has 1 N–H and O–H groups in total. The first kappa shape index (κ1) is 23.1. The second-order valence-electron chi connectivity index (χ2n) is 7.79. The molecule has 0 aliphatic heterocycles. The molecule has 0 spiro atoms. The van der Waals surface area contributed by atoms with Gasteiger partial charge in [0.1, 0.15) is 16.3 Å². The Labute approximate surface area is 191 Å². The third kappa shape index (κ3) is 5.20. The number of nitrogens with one attached hydrogen (secondary N) is 1. The lowest BCUT2D eigenvalue weighted by molar-refractivity contribution is -0.130. The van der Waals surface area contributed by atoms with Gasteiger partial charge in [-0.1, -0.05) is 60.7 Å². The zero-order valence-corrected chi connectivity index (χ0v) is 19.0. The summed E-state index contributed by atoms with van der Waals surface area (Å²) in [6, 6.07) is 9.49. The molecule has 2 aromatic rings. The monoisotopic (exact) mass is 462 g/mol. The average Bonchev–Trinajstić information content (AvgIpc) is 3.03. The minimum Gasteiger partial charge on any atom is -0.449 e. The third-order valence-electron chi connectivity index (χ3n) is 5.48. The van der Waals surface area contributed by atoms with Gasteiger partial charge < -0.3 is 10.1 Å². The Balaban J connectivity index is 1.70. The van der Waals surface area contributed by atoms with Crippen molar-refractivity contribution in [3.8, 4) is 6.07 Å². The van der Waals surface area contributed by atoms with Crippen molar-refractivity contribution in [2.24, 2.45) is 0 Å². The van der Waals surface area contributed by atoms with Gasteiger partial charge in [0.15, 0.2) is 6.10 Å². The highest BCUT2D eigenvalue weighted by Gasteiger charge is 2.36. The van der Waals surface area contributed by atoms with E-state index in [1.807, 2.05) is 18.2 Å². The largest absolute Gasteiger partial charge is 0.449 e. The molecule has 7 nitrogen and oxygen atoms in total. The molecule has 9 heteroatoms. The SMILES string of the molecule is Cc1nn(Cc2ccccc2Cl)c(Cl)c1C(=O)OC(C)C(=O)NC1(C#N)CCCCC1. The number of nitriles is 1. The normalized spacial score (nSPS) is 16.2. The third-order valence-corrected chi connectivity index (χ3v) is 6.24. The van der Waals surface area contributed by atoms with Crippen molar-refractivity contribution in [1.29, 1.82) is 5.26 Å². The van der Waals surface area contributed by atoms with E-state index in [9.17, 15) is 14.9 Å². The first-order chi connectivity index (χ1) is 14.8. The summed E-state index contributed by atoms with van der Waals surface area (Å²) in [5.74, 6) is -1.25. The van der Waals surface area contributed by atoms with E-state index < -0.39 is 23.5 Å². The number of carbonyl (C=O) groups excluding carboxylic acids is 2. The molecule has 1 aromatic carbocycles. The molecule has 1 aliphatic carbocycles. The number of halogens is 2. The molecule has 3 rings (SSSR count). The van der Waals surface area contributed by atoms with Crippen LogP contribution in [0.25, 0.3) is 0 Å². The second kappa shape index (κ2) is 9.71. The molecule has 1 unspecified atom stereocenters. The van der Waals surface area contributed by atoms with Gasteiger partial charge in [-0.2, -0.15) is 10.4 Å². The standard InChI is InChI=1S/C22H24Cl2N4O3/c1-14-18(19(24)28(27-14)12-16-8-4-5-9-17(16)23)21(30)31-15(2)20(29)26-22(13-25)10-6-3-7-11-22/h4-5,8-9,15H,3,6-7,10-12H2,1-2H3,(H,26,29). The van der Waals surface area contributed by atoms with Crippen LogP contribution in [0, 0.1) is 18.3 Å². The average molecular weight is 463 g/mol. The van der Waals surface area contributed by atoms with Crippen LogP contribution in [-0.2, 0) is 16.1 Å². The summed E-state index contributed by atoms with van der Waals surface area (Å²) in [4.78, 5) is 25.3. The minimum absolute atomic E-state index is 0.0982. The predicted octanol–water partition coefficient (Wildman–Crippen LogP) is 4.43. The number of carbonyl (C=O) groups is 2. The zero-order valence-electron chi connectivity index (χ0n) is 17.5. The van der Waals surface area contributed by atoms with E-state index in [1.54, 1.807) is 13.0 Å². The Morgan fingerprint density at radius 2 is 1.97 bits per heavy atom. The maximum Gasteiger partial charge on any atom is 0.343 e. The van der Waals surface area contributed by atoms with Crippen molar-refractivity contribution in [3.05, 3.63) is 51.3 Å². The number of hydrogen-bond acceptors (Lipinski definition) is 5. The molecule has 0 bridgehead atoms. The molecule has 1 aromatic heterocycles. The summed E-state index contributed by atoms with van der Waals surface area (Å²) in [5, 5.41) is 17.3. The molecule has 1 amide bonds. The topological polar surface area (TPSA) is 97.0 Å². The van der Waals surface area contributed by atoms with Crippen molar-refractivity contribution < 1.29 is 14.3 Å². The van der Waals surface area contributed by atoms with Crippen molar-refractivity contribution in [2.45, 2.75) is 64.1 Å². The maximum atomic E-state index is 12.7. The van der Waals surface area contributed by atoms with Crippen LogP contribution in [-0.4, -0.2) is 33.3 Å². The van der Waals surface area contributed by atoms with E-state index in [4.69, 9.17) is 27.9 Å². The van der Waals surface area contributed by atoms with Crippen LogP contribution in [0.3, 0.4) is 0 Å². The van der Waals surface area contributed by atoms with Crippen LogP contribution in [0.1, 0.15) is 60.6 Å². The Morgan fingerprint density at radius 3 is 2.61 bits per heavy atom. The van der Waals surface area contributed by atoms with Crippen LogP contribution in [0.5, 0.6) is 0 Å². The molecule has 1 aliphatic rings. The van der Waals surface area contributed by atoms with Gasteiger partial charge in [-0.15, -0.1) is 0 Å². The van der Waals surface area contributed by atoms with Crippen LogP contribution in [0.2, 0.25) is 10.2 Å². The Hall–Kier alpha value is -2.56. The van der Waals surface area contributed by atoms with Gasteiger partial charge in [0.2, 0.25) is 0 Å². The highest BCUT2D eigenvalue weighted by atomic mass is 35.5. The first-order valence-corrected chi connectivity index (χ1v) is 10.9. The van der Waals surface area contributed by atoms with E-state index in [0.29, 0.717) is 23.6 Å². The van der Waals surface area contributed by atoms with E-state index in [0.717, 1.165) is 24.8 Å². The molecular formula is C22H24Cl2N4O3. The molecular weight excluding hydrogens is 439 g/mol. The van der Waals surface area contributed by atoms with Crippen molar-refractivity contribution in [2.75, 3.05) is 0 Å². The summed E-state index contributed by atoms with van der Waals surface area (Å²) in [6.45, 7) is 3.40. The number of ether oxygens (including phenoxy) is 1. The van der Waals surface area contributed by atoms with Gasteiger partial charge in [-0.3, -0.25) is 4.79 Å². The van der Waals surface area contributed by atoms with Gasteiger partial charge in [0.05, 0.1) is 18.3 Å². The minimum atomic E-state index is -1.08. The molecule has 1 atom stereocenters. The highest BCUT2D eigenvalue weighted by Crippen LogP contribution is 2.28. The fourth-order valence-electron chi connectivity index (χ4n) is 3.71. The Kier molecular flexibility index (Phi) is 7.24. The van der Waals surface area contributed by atoms with E-state index in [2.05, 4.69) is 16.5 Å². The Bertz CT molecular complexity index is 1020. The zero-order chi connectivity index (χ0) is 22.6. The van der Waals surface area contributed by atoms with Crippen LogP contribution in [0.4, 0.5) is 0 Å². The van der Waals surface area contributed by atoms with Gasteiger partial charge in [0, 0.05) is 5.02 Å². The van der Waals surface area contributed by atoms with Gasteiger partial charge >= 0.3 is 5.97 Å². The van der Waals surface area contributed by atoms with Crippen LogP contribution >= 0.6 is 23.2 Å². The quantitative estimate of drug-likeness (QED) is 0.640. The molecule has 164 valence electrons. The van der Waals surface area contributed by atoms with Crippen LogP contribution in [0.15, 0.2) is 24.3 Å². The lowest BCUT2D eigenvalue weighted by atomic mass is 9.83. The summed E-state index contributed by atoms with van der Waals surface area (Å²) >= 11 is 12.6. The predicted molar refractivity (Wildman–Crippen MR) is 117 cm³/mol. The van der Waals surface area contributed by atoms with Gasteiger partial charge in [-0.25, -0.2) is 9.48 Å². The molecule has 0 radical (unpaired) electrons. The molecule has 1 fully saturated rings. The first-order valence-electron chi connectivity index (χ1n) is 10.2. The number of nitrogens with zero attached hydrogens (tertiary/aromatic N) is 3. The molecule has 31 heavy (non-hydrogen) atoms. The summed E-state index contributed by atoms with van der Waals surface area (Å²) in [6.07, 6.45) is 2.90. The fraction of sp³-hybridized carbons (Fsp3) is 0.455. The number of aromatic nitrogens is 2. The van der Waals surface area contributed by atoms with Gasteiger partial charge in [-0.05, 0) is 38.3 Å². The summed E-state index contributed by atoms with van der Waals surface area (Å²) < 4.78 is 6.82. The fourth-order valence-corrected chi connectivity index (χ4v) is 4.22. The van der Waals surface area contributed by atoms with Crippen LogP contribution < -0.4 is 5.32 Å². The molecule has 0 saturated heterocycles. The van der Waals surface area contributed by atoms with E-state index in [-0.39, 0.29) is 17.3 Å². The Morgan fingerprint density at radius 1 is 1.29 bits per heavy atom. The van der Waals surface area contributed by atoms with E-state index in [1.165, 1.54) is 11.6 Å². The van der Waals surface area contributed by atoms with E-state index >= 15 is 0 Å². The highest BCUT2D eigenvalue weighted by molar-refractivity contribution is 6.33. The number of amides is 1. The molecule has 1 saturated carbocycles. The number of rotatable bonds is 6. The lowest BCUT2D eigenvalue weighted by Crippen LogP contribution is -2.52. The number of hydrogen-bond donors (Lipinski definition) is 1. The second-order valence-corrected chi connectivity index (χ2v) is 8.56. The lowest BCUT2D eigenvalue weighted by Gasteiger charge is -2.32. The van der Waals surface area contributed by atoms with Gasteiger partial charge in [0.25, 0.3) is 5.91 Å². The number of esters is 1. The molecule has 1 heterocycles. The number of benzene rings is 1. The van der Waals surface area contributed by atoms with Crippen molar-refractivity contribution in [3.63, 3.8) is 0 Å². The van der Waals surface area contributed by atoms with Crippen molar-refractivity contribution in [1.82, 2.24) is 15.1 Å². The summed E-state index contributed by atoms with van der Waals surface area (Å²) in [7, 11) is 0.